The van der Waals surface area contributed by atoms with E-state index in [1.807, 2.05) is 37.3 Å². The van der Waals surface area contributed by atoms with E-state index in [4.69, 9.17) is 0 Å². The lowest BCUT2D eigenvalue weighted by atomic mass is 9.98. The third-order valence-corrected chi connectivity index (χ3v) is 2.69. The molecule has 92 valence electrons. The number of nitrogens with zero attached hydrogens (tertiary/aromatic N) is 2. The summed E-state index contributed by atoms with van der Waals surface area (Å²) in [4.78, 5) is 19.5. The summed E-state index contributed by atoms with van der Waals surface area (Å²) in [5.74, 6) is -1.24. The number of benzene rings is 1. The van der Waals surface area contributed by atoms with Crippen molar-refractivity contribution in [3.05, 3.63) is 59.7 Å². The fraction of sp³-hybridized carbons (Fsp3) is 0.214. The molecule has 4 heteroatoms. The summed E-state index contributed by atoms with van der Waals surface area (Å²) in [6.07, 6.45) is 3.69. The van der Waals surface area contributed by atoms with Crippen LogP contribution in [0.1, 0.15) is 22.9 Å². The third-order valence-electron chi connectivity index (χ3n) is 2.69. The molecule has 0 spiro atoms. The van der Waals surface area contributed by atoms with Gasteiger partial charge in [0.05, 0.1) is 0 Å². The zero-order valence-corrected chi connectivity index (χ0v) is 10.1. The number of carboxylic acids is 1. The molecule has 0 bridgehead atoms. The van der Waals surface area contributed by atoms with E-state index in [0.717, 1.165) is 11.1 Å². The van der Waals surface area contributed by atoms with Crippen LogP contribution < -0.4 is 0 Å². The number of aromatic nitrogens is 2. The van der Waals surface area contributed by atoms with Crippen LogP contribution in [0.4, 0.5) is 0 Å². The zero-order valence-electron chi connectivity index (χ0n) is 10.1. The van der Waals surface area contributed by atoms with Crippen LogP contribution in [0.2, 0.25) is 0 Å². The fourth-order valence-corrected chi connectivity index (χ4v) is 1.72. The van der Waals surface area contributed by atoms with Crippen molar-refractivity contribution in [2.45, 2.75) is 19.3 Å². The standard InChI is InChI=1S/C14H14N2O2/c1-10-8-15-13(16-9-10)12(14(17)18)7-11-5-3-2-4-6-11/h2-6,8-9,12H,7H2,1H3,(H,17,18). The van der Waals surface area contributed by atoms with Crippen LogP contribution in [-0.2, 0) is 11.2 Å². The Morgan fingerprint density at radius 1 is 1.22 bits per heavy atom. The normalized spacial score (nSPS) is 12.1. The lowest BCUT2D eigenvalue weighted by Gasteiger charge is -2.11. The van der Waals surface area contributed by atoms with Crippen LogP contribution in [0.3, 0.4) is 0 Å². The third kappa shape index (κ3) is 2.91. The Morgan fingerprint density at radius 3 is 2.39 bits per heavy atom. The van der Waals surface area contributed by atoms with Crippen LogP contribution >= 0.6 is 0 Å². The van der Waals surface area contributed by atoms with Crippen LogP contribution in [-0.4, -0.2) is 21.0 Å². The topological polar surface area (TPSA) is 63.1 Å². The van der Waals surface area contributed by atoms with E-state index in [9.17, 15) is 9.90 Å². The van der Waals surface area contributed by atoms with Gasteiger partial charge in [0.15, 0.2) is 0 Å². The van der Waals surface area contributed by atoms with Crippen LogP contribution in [0, 0.1) is 6.92 Å². The maximum absolute atomic E-state index is 11.3. The number of hydrogen-bond acceptors (Lipinski definition) is 3. The second kappa shape index (κ2) is 5.40. The predicted octanol–water partition coefficient (Wildman–Crippen LogP) is 2.20. The Kier molecular flexibility index (Phi) is 3.67. The van der Waals surface area contributed by atoms with E-state index in [2.05, 4.69) is 9.97 Å². The molecular weight excluding hydrogens is 228 g/mol. The van der Waals surface area contributed by atoms with Gasteiger partial charge in [-0.15, -0.1) is 0 Å². The monoisotopic (exact) mass is 242 g/mol. The van der Waals surface area contributed by atoms with Crippen molar-refractivity contribution in [3.63, 3.8) is 0 Å². The van der Waals surface area contributed by atoms with E-state index in [0.29, 0.717) is 12.2 Å². The van der Waals surface area contributed by atoms with E-state index in [-0.39, 0.29) is 0 Å². The van der Waals surface area contributed by atoms with Gasteiger partial charge in [0, 0.05) is 12.4 Å². The summed E-state index contributed by atoms with van der Waals surface area (Å²) in [6, 6.07) is 9.50. The maximum atomic E-state index is 11.3. The molecule has 2 aromatic rings. The molecule has 0 aliphatic rings. The number of carbonyl (C=O) groups is 1. The highest BCUT2D eigenvalue weighted by molar-refractivity contribution is 5.75. The first kappa shape index (κ1) is 12.2. The SMILES string of the molecule is Cc1cnc(C(Cc2ccccc2)C(=O)O)nc1. The first-order valence-corrected chi connectivity index (χ1v) is 5.72. The molecule has 1 aromatic heterocycles. The van der Waals surface area contributed by atoms with Gasteiger partial charge < -0.3 is 5.11 Å². The highest BCUT2D eigenvalue weighted by Gasteiger charge is 2.22. The molecule has 1 N–H and O–H groups in total. The van der Waals surface area contributed by atoms with Crippen molar-refractivity contribution in [3.8, 4) is 0 Å². The molecule has 1 aromatic carbocycles. The Bertz CT molecular complexity index is 523. The van der Waals surface area contributed by atoms with E-state index in [1.165, 1.54) is 0 Å². The molecule has 1 atom stereocenters. The number of aliphatic carboxylic acids is 1. The van der Waals surface area contributed by atoms with Crippen molar-refractivity contribution < 1.29 is 9.90 Å². The van der Waals surface area contributed by atoms with Gasteiger partial charge in [-0.1, -0.05) is 30.3 Å². The average Bonchev–Trinajstić information content (AvgIpc) is 2.38. The number of carboxylic acid groups (broad SMARTS) is 1. The minimum absolute atomic E-state index is 0.358. The van der Waals surface area contributed by atoms with Crippen molar-refractivity contribution in [1.82, 2.24) is 9.97 Å². The first-order valence-electron chi connectivity index (χ1n) is 5.72. The summed E-state index contributed by atoms with van der Waals surface area (Å²) in [5.41, 5.74) is 1.89. The molecule has 18 heavy (non-hydrogen) atoms. The average molecular weight is 242 g/mol. The van der Waals surface area contributed by atoms with Gasteiger partial charge in [0.2, 0.25) is 0 Å². The first-order chi connectivity index (χ1) is 8.66. The molecule has 2 rings (SSSR count). The number of aryl methyl sites for hydroxylation is 1. The van der Waals surface area contributed by atoms with Gasteiger partial charge in [0.1, 0.15) is 11.7 Å². The highest BCUT2D eigenvalue weighted by atomic mass is 16.4. The quantitative estimate of drug-likeness (QED) is 0.892. The number of rotatable bonds is 4. The van der Waals surface area contributed by atoms with E-state index >= 15 is 0 Å². The van der Waals surface area contributed by atoms with Gasteiger partial charge in [-0.2, -0.15) is 0 Å². The molecule has 0 amide bonds. The van der Waals surface area contributed by atoms with E-state index < -0.39 is 11.9 Å². The van der Waals surface area contributed by atoms with Crippen molar-refractivity contribution in [2.24, 2.45) is 0 Å². The second-order valence-corrected chi connectivity index (χ2v) is 4.20. The van der Waals surface area contributed by atoms with Crippen LogP contribution in [0.25, 0.3) is 0 Å². The smallest absolute Gasteiger partial charge is 0.314 e. The molecular formula is C14H14N2O2. The molecule has 1 heterocycles. The lowest BCUT2D eigenvalue weighted by molar-refractivity contribution is -0.139. The van der Waals surface area contributed by atoms with E-state index in [1.54, 1.807) is 12.4 Å². The maximum Gasteiger partial charge on any atom is 0.314 e. The van der Waals surface area contributed by atoms with Crippen molar-refractivity contribution in [1.29, 1.82) is 0 Å². The number of hydrogen-bond donors (Lipinski definition) is 1. The van der Waals surface area contributed by atoms with Gasteiger partial charge >= 0.3 is 5.97 Å². The zero-order chi connectivity index (χ0) is 13.0. The fourth-order valence-electron chi connectivity index (χ4n) is 1.72. The molecule has 0 radical (unpaired) electrons. The molecule has 0 fully saturated rings. The van der Waals surface area contributed by atoms with Crippen molar-refractivity contribution in [2.75, 3.05) is 0 Å². The van der Waals surface area contributed by atoms with Gasteiger partial charge in [-0.25, -0.2) is 9.97 Å². The molecule has 0 saturated heterocycles. The summed E-state index contributed by atoms with van der Waals surface area (Å²) in [7, 11) is 0. The Balaban J connectivity index is 2.24. The van der Waals surface area contributed by atoms with Crippen LogP contribution in [0.5, 0.6) is 0 Å². The summed E-state index contributed by atoms with van der Waals surface area (Å²) < 4.78 is 0. The molecule has 0 saturated carbocycles. The molecule has 0 aliphatic heterocycles. The summed E-state index contributed by atoms with van der Waals surface area (Å²) >= 11 is 0. The Morgan fingerprint density at radius 2 is 1.83 bits per heavy atom. The molecule has 4 nitrogen and oxygen atoms in total. The second-order valence-electron chi connectivity index (χ2n) is 4.20. The lowest BCUT2D eigenvalue weighted by Crippen LogP contribution is -2.17. The summed E-state index contributed by atoms with van der Waals surface area (Å²) in [6.45, 7) is 1.87. The minimum atomic E-state index is -0.900. The predicted molar refractivity (Wildman–Crippen MR) is 67.3 cm³/mol. The highest BCUT2D eigenvalue weighted by Crippen LogP contribution is 2.17. The molecule has 0 aliphatic carbocycles. The molecule has 1 unspecified atom stereocenters. The van der Waals surface area contributed by atoms with Gasteiger partial charge in [0.25, 0.3) is 0 Å². The van der Waals surface area contributed by atoms with Gasteiger partial charge in [-0.3, -0.25) is 4.79 Å². The Hall–Kier alpha value is -2.23. The summed E-state index contributed by atoms with van der Waals surface area (Å²) in [5, 5.41) is 9.28. The van der Waals surface area contributed by atoms with Gasteiger partial charge in [-0.05, 0) is 24.5 Å². The van der Waals surface area contributed by atoms with Crippen LogP contribution in [0.15, 0.2) is 42.7 Å². The largest absolute Gasteiger partial charge is 0.481 e. The Labute approximate surface area is 105 Å². The van der Waals surface area contributed by atoms with Crippen molar-refractivity contribution >= 4 is 5.97 Å². The minimum Gasteiger partial charge on any atom is -0.481 e.